The van der Waals surface area contributed by atoms with Crippen LogP contribution in [0.2, 0.25) is 0 Å². The number of carbonyl (C=O) groups is 1. The predicted octanol–water partition coefficient (Wildman–Crippen LogP) is 6.42. The summed E-state index contributed by atoms with van der Waals surface area (Å²) >= 11 is 1.34. The molecule has 7 nitrogen and oxygen atoms in total. The van der Waals surface area contributed by atoms with E-state index in [1.165, 1.54) is 17.8 Å². The van der Waals surface area contributed by atoms with Gasteiger partial charge in [-0.1, -0.05) is 60.3 Å². The fourth-order valence-electron chi connectivity index (χ4n) is 4.27. The Morgan fingerprint density at radius 3 is 2.50 bits per heavy atom. The standard InChI is InChI=1S/C29H28FN5O2S/c1-18(2)37-23-15-13-20(14-16-23)26-25(27(36)32-22-10-5-4-6-11-22)19(3)31-28-33-29(34-35(26)28)38-17-21-9-7-8-12-24(21)30/h4-16,18,26H,17H2,1-3H3,(H,32,36)(H,31,33,34). The first-order valence-electron chi connectivity index (χ1n) is 12.3. The van der Waals surface area contributed by atoms with Crippen LogP contribution in [0.3, 0.4) is 0 Å². The van der Waals surface area contributed by atoms with Crippen molar-refractivity contribution >= 4 is 29.3 Å². The summed E-state index contributed by atoms with van der Waals surface area (Å²) in [6, 6.07) is 23.1. The first-order chi connectivity index (χ1) is 18.4. The molecule has 0 radical (unpaired) electrons. The van der Waals surface area contributed by atoms with Gasteiger partial charge >= 0.3 is 0 Å². The van der Waals surface area contributed by atoms with E-state index in [0.29, 0.717) is 39.4 Å². The molecule has 1 amide bonds. The second-order valence-corrected chi connectivity index (χ2v) is 10.1. The topological polar surface area (TPSA) is 81.1 Å². The molecule has 3 aromatic carbocycles. The SMILES string of the molecule is CC1=C(C(=O)Nc2ccccc2)C(c2ccc(OC(C)C)cc2)n2nc(SCc3ccccc3F)nc2N1. The van der Waals surface area contributed by atoms with E-state index in [1.807, 2.05) is 75.4 Å². The molecule has 1 aromatic heterocycles. The van der Waals surface area contributed by atoms with E-state index in [4.69, 9.17) is 9.84 Å². The van der Waals surface area contributed by atoms with Gasteiger partial charge in [-0.05, 0) is 62.2 Å². The molecule has 9 heteroatoms. The fourth-order valence-corrected chi connectivity index (χ4v) is 5.09. The molecule has 1 atom stereocenters. The van der Waals surface area contributed by atoms with Crippen molar-refractivity contribution in [3.05, 3.63) is 107 Å². The van der Waals surface area contributed by atoms with E-state index >= 15 is 0 Å². The smallest absolute Gasteiger partial charge is 0.255 e. The molecule has 1 aliphatic rings. The molecule has 0 saturated carbocycles. The number of anilines is 2. The number of ether oxygens (including phenoxy) is 1. The number of amides is 1. The highest BCUT2D eigenvalue weighted by atomic mass is 32.2. The third-order valence-corrected chi connectivity index (χ3v) is 6.88. The van der Waals surface area contributed by atoms with Crippen molar-refractivity contribution in [2.45, 2.75) is 43.8 Å². The molecule has 194 valence electrons. The van der Waals surface area contributed by atoms with Crippen LogP contribution in [-0.4, -0.2) is 26.8 Å². The van der Waals surface area contributed by atoms with Crippen molar-refractivity contribution in [1.82, 2.24) is 14.8 Å². The Hall–Kier alpha value is -4.11. The van der Waals surface area contributed by atoms with Gasteiger partial charge in [-0.2, -0.15) is 4.98 Å². The first kappa shape index (κ1) is 25.5. The number of benzene rings is 3. The van der Waals surface area contributed by atoms with E-state index in [2.05, 4.69) is 15.6 Å². The van der Waals surface area contributed by atoms with Crippen LogP contribution in [0.5, 0.6) is 5.75 Å². The van der Waals surface area contributed by atoms with Crippen LogP contribution in [0.15, 0.2) is 95.3 Å². The van der Waals surface area contributed by atoms with Crippen molar-refractivity contribution in [2.75, 3.05) is 10.6 Å². The summed E-state index contributed by atoms with van der Waals surface area (Å²) in [6.45, 7) is 5.80. The lowest BCUT2D eigenvalue weighted by atomic mass is 9.95. The zero-order valence-corrected chi connectivity index (χ0v) is 22.1. The number of rotatable bonds is 8. The van der Waals surface area contributed by atoms with Crippen LogP contribution in [0, 0.1) is 5.82 Å². The summed E-state index contributed by atoms with van der Waals surface area (Å²) in [4.78, 5) is 18.2. The normalized spacial score (nSPS) is 14.7. The molecule has 38 heavy (non-hydrogen) atoms. The zero-order chi connectivity index (χ0) is 26.6. The number of hydrogen-bond donors (Lipinski definition) is 2. The minimum atomic E-state index is -0.529. The molecule has 0 spiro atoms. The van der Waals surface area contributed by atoms with Crippen LogP contribution in [0.1, 0.15) is 37.9 Å². The van der Waals surface area contributed by atoms with Crippen LogP contribution >= 0.6 is 11.8 Å². The Kier molecular flexibility index (Phi) is 7.46. The molecule has 1 aliphatic heterocycles. The summed E-state index contributed by atoms with van der Waals surface area (Å²) in [5.41, 5.74) is 3.33. The Labute approximate surface area is 225 Å². The summed E-state index contributed by atoms with van der Waals surface area (Å²) in [5, 5.41) is 11.5. The van der Waals surface area contributed by atoms with Gasteiger partial charge in [0.2, 0.25) is 11.1 Å². The highest BCUT2D eigenvalue weighted by Gasteiger charge is 2.34. The van der Waals surface area contributed by atoms with E-state index in [-0.39, 0.29) is 17.8 Å². The van der Waals surface area contributed by atoms with Gasteiger partial charge in [0, 0.05) is 17.1 Å². The highest BCUT2D eigenvalue weighted by molar-refractivity contribution is 7.98. The van der Waals surface area contributed by atoms with Crippen molar-refractivity contribution in [3.63, 3.8) is 0 Å². The summed E-state index contributed by atoms with van der Waals surface area (Å²) in [7, 11) is 0. The maximum atomic E-state index is 14.2. The van der Waals surface area contributed by atoms with Crippen molar-refractivity contribution in [2.24, 2.45) is 0 Å². The fraction of sp³-hybridized carbons (Fsp3) is 0.207. The molecule has 0 aliphatic carbocycles. The van der Waals surface area contributed by atoms with Gasteiger partial charge in [0.15, 0.2) is 0 Å². The Morgan fingerprint density at radius 1 is 1.08 bits per heavy atom. The number of nitrogens with one attached hydrogen (secondary N) is 2. The molecule has 0 fully saturated rings. The van der Waals surface area contributed by atoms with Gasteiger partial charge in [-0.25, -0.2) is 9.07 Å². The number of para-hydroxylation sites is 1. The van der Waals surface area contributed by atoms with Crippen molar-refractivity contribution in [1.29, 1.82) is 0 Å². The number of allylic oxidation sites excluding steroid dienone is 1. The molecule has 2 N–H and O–H groups in total. The third kappa shape index (κ3) is 5.57. The van der Waals surface area contributed by atoms with Crippen LogP contribution in [0.25, 0.3) is 0 Å². The minimum absolute atomic E-state index is 0.0463. The Balaban J connectivity index is 1.49. The molecule has 4 aromatic rings. The second-order valence-electron chi connectivity index (χ2n) is 9.16. The number of nitrogens with zero attached hydrogens (tertiary/aromatic N) is 3. The molecule has 0 saturated heterocycles. The maximum absolute atomic E-state index is 14.2. The summed E-state index contributed by atoms with van der Waals surface area (Å²) < 4.78 is 21.7. The molecule has 2 heterocycles. The lowest BCUT2D eigenvalue weighted by molar-refractivity contribution is -0.113. The minimum Gasteiger partial charge on any atom is -0.491 e. The molecule has 0 bridgehead atoms. The number of aromatic nitrogens is 3. The van der Waals surface area contributed by atoms with E-state index < -0.39 is 6.04 Å². The monoisotopic (exact) mass is 529 g/mol. The average Bonchev–Trinajstić information content (AvgIpc) is 3.30. The largest absolute Gasteiger partial charge is 0.491 e. The second kappa shape index (κ2) is 11.1. The first-order valence-corrected chi connectivity index (χ1v) is 13.3. The number of carbonyl (C=O) groups excluding carboxylic acids is 1. The molecule has 5 rings (SSSR count). The predicted molar refractivity (Wildman–Crippen MR) is 148 cm³/mol. The van der Waals surface area contributed by atoms with Crippen molar-refractivity contribution < 1.29 is 13.9 Å². The number of halogens is 1. The van der Waals surface area contributed by atoms with Gasteiger partial charge in [-0.3, -0.25) is 4.79 Å². The lowest BCUT2D eigenvalue weighted by Crippen LogP contribution is -2.31. The molecular formula is C29H28FN5O2S. The van der Waals surface area contributed by atoms with Crippen molar-refractivity contribution in [3.8, 4) is 5.75 Å². The Morgan fingerprint density at radius 2 is 1.79 bits per heavy atom. The average molecular weight is 530 g/mol. The third-order valence-electron chi connectivity index (χ3n) is 5.99. The van der Waals surface area contributed by atoms with E-state index in [0.717, 1.165) is 11.3 Å². The quantitative estimate of drug-likeness (QED) is 0.256. The van der Waals surface area contributed by atoms with Gasteiger partial charge in [0.25, 0.3) is 5.91 Å². The summed E-state index contributed by atoms with van der Waals surface area (Å²) in [5.74, 6) is 1.14. The van der Waals surface area contributed by atoms with Gasteiger partial charge < -0.3 is 15.4 Å². The molecular weight excluding hydrogens is 501 g/mol. The molecule has 1 unspecified atom stereocenters. The van der Waals surface area contributed by atoms with E-state index in [1.54, 1.807) is 22.9 Å². The summed E-state index contributed by atoms with van der Waals surface area (Å²) in [6.07, 6.45) is 0.0463. The van der Waals surface area contributed by atoms with Crippen LogP contribution in [-0.2, 0) is 10.5 Å². The lowest BCUT2D eigenvalue weighted by Gasteiger charge is -2.28. The van der Waals surface area contributed by atoms with E-state index in [9.17, 15) is 9.18 Å². The number of hydrogen-bond acceptors (Lipinski definition) is 6. The van der Waals surface area contributed by atoms with Gasteiger partial charge in [-0.15, -0.1) is 5.10 Å². The van der Waals surface area contributed by atoms with Crippen LogP contribution in [0.4, 0.5) is 16.0 Å². The maximum Gasteiger partial charge on any atom is 0.255 e. The van der Waals surface area contributed by atoms with Gasteiger partial charge in [0.05, 0.1) is 11.7 Å². The Bertz CT molecular complexity index is 1470. The number of thioether (sulfide) groups is 1. The number of fused-ring (bicyclic) bond motifs is 1. The highest BCUT2D eigenvalue weighted by Crippen LogP contribution is 2.37. The van der Waals surface area contributed by atoms with Crippen LogP contribution < -0.4 is 15.4 Å². The van der Waals surface area contributed by atoms with Gasteiger partial charge in [0.1, 0.15) is 17.6 Å². The zero-order valence-electron chi connectivity index (χ0n) is 21.3.